The summed E-state index contributed by atoms with van der Waals surface area (Å²) in [4.78, 5) is 4.73. The van der Waals surface area contributed by atoms with E-state index in [0.717, 1.165) is 5.69 Å². The highest BCUT2D eigenvalue weighted by molar-refractivity contribution is 7.09. The number of rotatable bonds is 3. The molecule has 0 aliphatic heterocycles. The van der Waals surface area contributed by atoms with Gasteiger partial charge in [0, 0.05) is 10.8 Å². The van der Waals surface area contributed by atoms with Crippen LogP contribution in [-0.2, 0) is 11.8 Å². The molecule has 0 amide bonds. The molecule has 1 aliphatic carbocycles. The number of benzene rings is 1. The molecule has 1 fully saturated rings. The smallest absolute Gasteiger partial charge is 0.103 e. The molecule has 0 atom stereocenters. The maximum Gasteiger partial charge on any atom is 0.103 e. The maximum atomic E-state index is 8.79. The molecule has 0 bridgehead atoms. The summed E-state index contributed by atoms with van der Waals surface area (Å²) < 4.78 is 0. The molecule has 1 heterocycles. The van der Waals surface area contributed by atoms with Gasteiger partial charge in [0.1, 0.15) is 5.01 Å². The third-order valence-electron chi connectivity index (χ3n) is 4.00. The van der Waals surface area contributed by atoms with E-state index in [-0.39, 0.29) is 5.41 Å². The first kappa shape index (κ1) is 12.4. The summed E-state index contributed by atoms with van der Waals surface area (Å²) in [6, 6.07) is 12.9. The van der Waals surface area contributed by atoms with Crippen LogP contribution in [0.4, 0.5) is 0 Å². The van der Waals surface area contributed by atoms with Crippen molar-refractivity contribution in [3.05, 3.63) is 52.0 Å². The Morgan fingerprint density at radius 3 is 2.63 bits per heavy atom. The van der Waals surface area contributed by atoms with Crippen molar-refractivity contribution in [2.75, 3.05) is 0 Å². The Balaban J connectivity index is 2.03. The minimum Gasteiger partial charge on any atom is -0.244 e. The van der Waals surface area contributed by atoms with Crippen LogP contribution < -0.4 is 0 Å². The van der Waals surface area contributed by atoms with Gasteiger partial charge in [0.25, 0.3) is 0 Å². The molecular formula is C16H16N2S. The topological polar surface area (TPSA) is 36.7 Å². The lowest BCUT2D eigenvalue weighted by molar-refractivity contribution is 0.530. The molecule has 3 rings (SSSR count). The molecular weight excluding hydrogens is 252 g/mol. The third kappa shape index (κ3) is 2.17. The first-order valence-corrected chi connectivity index (χ1v) is 7.60. The van der Waals surface area contributed by atoms with Gasteiger partial charge in [-0.2, -0.15) is 5.26 Å². The molecule has 1 saturated carbocycles. The van der Waals surface area contributed by atoms with Gasteiger partial charge in [-0.3, -0.25) is 0 Å². The Bertz CT molecular complexity index is 589. The lowest BCUT2D eigenvalue weighted by atomic mass is 9.79. The quantitative estimate of drug-likeness (QED) is 0.841. The predicted molar refractivity (Wildman–Crippen MR) is 77.1 cm³/mol. The molecule has 3 heteroatoms. The largest absolute Gasteiger partial charge is 0.244 e. The fourth-order valence-corrected chi connectivity index (χ4v) is 4.15. The molecule has 1 aromatic heterocycles. The Morgan fingerprint density at radius 2 is 1.95 bits per heavy atom. The van der Waals surface area contributed by atoms with Crippen LogP contribution in [0.25, 0.3) is 0 Å². The van der Waals surface area contributed by atoms with E-state index in [2.05, 4.69) is 36.4 Å². The van der Waals surface area contributed by atoms with Crippen molar-refractivity contribution in [1.29, 1.82) is 5.26 Å². The molecule has 0 radical (unpaired) electrons. The summed E-state index contributed by atoms with van der Waals surface area (Å²) in [5, 5.41) is 12.0. The van der Waals surface area contributed by atoms with Crippen LogP contribution in [0.15, 0.2) is 35.7 Å². The zero-order valence-corrected chi connectivity index (χ0v) is 11.6. The van der Waals surface area contributed by atoms with Crippen LogP contribution in [0.5, 0.6) is 0 Å². The summed E-state index contributed by atoms with van der Waals surface area (Å²) in [7, 11) is 0. The third-order valence-corrected chi connectivity index (χ3v) is 5.10. The second-order valence-electron chi connectivity index (χ2n) is 5.13. The molecule has 2 aromatic rings. The van der Waals surface area contributed by atoms with E-state index >= 15 is 0 Å². The highest BCUT2D eigenvalue weighted by Gasteiger charge is 2.39. The van der Waals surface area contributed by atoms with Crippen LogP contribution >= 0.6 is 11.3 Å². The van der Waals surface area contributed by atoms with E-state index in [1.165, 1.54) is 36.3 Å². The average Bonchev–Trinajstić information content (AvgIpc) is 3.09. The van der Waals surface area contributed by atoms with Crippen LogP contribution in [0.2, 0.25) is 0 Å². The van der Waals surface area contributed by atoms with E-state index in [1.54, 1.807) is 11.3 Å². The van der Waals surface area contributed by atoms with Crippen LogP contribution in [0, 0.1) is 11.3 Å². The summed E-state index contributed by atoms with van der Waals surface area (Å²) in [5.41, 5.74) is 2.40. The van der Waals surface area contributed by atoms with Gasteiger partial charge >= 0.3 is 0 Å². The first-order valence-electron chi connectivity index (χ1n) is 6.72. The van der Waals surface area contributed by atoms with E-state index in [9.17, 15) is 0 Å². The number of nitriles is 1. The molecule has 0 spiro atoms. The van der Waals surface area contributed by atoms with Gasteiger partial charge < -0.3 is 0 Å². The summed E-state index contributed by atoms with van der Waals surface area (Å²) in [6.45, 7) is 0. The van der Waals surface area contributed by atoms with E-state index in [0.29, 0.717) is 6.42 Å². The average molecular weight is 268 g/mol. The zero-order valence-electron chi connectivity index (χ0n) is 10.8. The predicted octanol–water partition coefficient (Wildman–Crippen LogP) is 4.07. The molecule has 96 valence electrons. The lowest BCUT2D eigenvalue weighted by Gasteiger charge is -2.27. The van der Waals surface area contributed by atoms with Crippen LogP contribution in [-0.4, -0.2) is 4.98 Å². The van der Waals surface area contributed by atoms with Crippen LogP contribution in [0.3, 0.4) is 0 Å². The summed E-state index contributed by atoms with van der Waals surface area (Å²) in [5.74, 6) is 0. The summed E-state index contributed by atoms with van der Waals surface area (Å²) in [6.07, 6.45) is 5.30. The van der Waals surface area contributed by atoms with Gasteiger partial charge in [0.05, 0.1) is 18.2 Å². The zero-order chi connectivity index (χ0) is 13.1. The fourth-order valence-electron chi connectivity index (χ4n) is 3.05. The van der Waals surface area contributed by atoms with Gasteiger partial charge in [-0.1, -0.05) is 43.2 Å². The number of thiazole rings is 1. The Kier molecular flexibility index (Phi) is 3.35. The van der Waals surface area contributed by atoms with Gasteiger partial charge in [-0.15, -0.1) is 11.3 Å². The molecule has 1 aromatic carbocycles. The Morgan fingerprint density at radius 1 is 1.21 bits per heavy atom. The van der Waals surface area contributed by atoms with E-state index in [4.69, 9.17) is 10.2 Å². The highest BCUT2D eigenvalue weighted by atomic mass is 32.1. The Hall–Kier alpha value is -1.66. The van der Waals surface area contributed by atoms with Crippen LogP contribution in [0.1, 0.15) is 41.9 Å². The van der Waals surface area contributed by atoms with Crippen molar-refractivity contribution < 1.29 is 0 Å². The molecule has 2 nitrogen and oxygen atoms in total. The van der Waals surface area contributed by atoms with E-state index in [1.807, 2.05) is 5.38 Å². The van der Waals surface area contributed by atoms with Crippen molar-refractivity contribution in [3.63, 3.8) is 0 Å². The fraction of sp³-hybridized carbons (Fsp3) is 0.375. The lowest BCUT2D eigenvalue weighted by Crippen LogP contribution is -2.23. The number of hydrogen-bond donors (Lipinski definition) is 0. The number of aromatic nitrogens is 1. The molecule has 19 heavy (non-hydrogen) atoms. The minimum atomic E-state index is 0.0969. The monoisotopic (exact) mass is 268 g/mol. The maximum absolute atomic E-state index is 8.79. The first-order chi connectivity index (χ1) is 9.35. The number of hydrogen-bond acceptors (Lipinski definition) is 3. The summed E-state index contributed by atoms with van der Waals surface area (Å²) >= 11 is 1.72. The van der Waals surface area contributed by atoms with Crippen molar-refractivity contribution in [3.8, 4) is 6.07 Å². The molecule has 1 aliphatic rings. The SMILES string of the molecule is N#CCc1csc(C2(c3ccccc3)CCCC2)n1. The second kappa shape index (κ2) is 5.14. The number of nitrogens with zero attached hydrogens (tertiary/aromatic N) is 2. The molecule has 0 saturated heterocycles. The molecule has 0 N–H and O–H groups in total. The molecule has 0 unspecified atom stereocenters. The van der Waals surface area contributed by atoms with Crippen molar-refractivity contribution in [2.24, 2.45) is 0 Å². The van der Waals surface area contributed by atoms with Gasteiger partial charge in [0.2, 0.25) is 0 Å². The van der Waals surface area contributed by atoms with Crippen molar-refractivity contribution in [2.45, 2.75) is 37.5 Å². The standard InChI is InChI=1S/C16H16N2S/c17-11-8-14-12-19-15(18-14)16(9-4-5-10-16)13-6-2-1-3-7-13/h1-3,6-7,12H,4-5,8-10H2. The highest BCUT2D eigenvalue weighted by Crippen LogP contribution is 2.47. The van der Waals surface area contributed by atoms with Crippen molar-refractivity contribution >= 4 is 11.3 Å². The van der Waals surface area contributed by atoms with E-state index < -0.39 is 0 Å². The van der Waals surface area contributed by atoms with Gasteiger partial charge in [0.15, 0.2) is 0 Å². The minimum absolute atomic E-state index is 0.0969. The second-order valence-corrected chi connectivity index (χ2v) is 5.99. The van der Waals surface area contributed by atoms with Crippen molar-refractivity contribution in [1.82, 2.24) is 4.98 Å². The van der Waals surface area contributed by atoms with Gasteiger partial charge in [-0.05, 0) is 18.4 Å². The Labute approximate surface area is 117 Å². The van der Waals surface area contributed by atoms with Gasteiger partial charge in [-0.25, -0.2) is 4.98 Å². The normalized spacial score (nSPS) is 17.2.